The normalized spacial score (nSPS) is 13.9. The fourth-order valence-electron chi connectivity index (χ4n) is 1.26. The van der Waals surface area contributed by atoms with Gasteiger partial charge in [-0.2, -0.15) is 5.26 Å². The molecule has 1 unspecified atom stereocenters. The lowest BCUT2D eigenvalue weighted by molar-refractivity contribution is -0.150. The Labute approximate surface area is 103 Å². The second-order valence-electron chi connectivity index (χ2n) is 4.06. The molecule has 0 aromatic rings. The van der Waals surface area contributed by atoms with E-state index in [1.807, 2.05) is 19.9 Å². The Kier molecular flexibility index (Phi) is 6.75. The number of allylic oxidation sites excluding steroid dienone is 2. The zero-order chi connectivity index (χ0) is 13.3. The molecule has 0 spiro atoms. The molecular formula is C14H19NO2. The number of rotatable bonds is 4. The Morgan fingerprint density at radius 3 is 2.59 bits per heavy atom. The Hall–Kier alpha value is -1.74. The standard InChI is InChI=1S/C14H19NO2/c1-5-12(2)8-10-14(4,17-13(3)16)9-6-7-11-15/h5H,6-7,9H2,1-4H3/b12-5+. The van der Waals surface area contributed by atoms with Gasteiger partial charge in [0.1, 0.15) is 0 Å². The maximum Gasteiger partial charge on any atom is 0.304 e. The molecule has 0 aromatic heterocycles. The summed E-state index contributed by atoms with van der Waals surface area (Å²) >= 11 is 0. The van der Waals surface area contributed by atoms with Gasteiger partial charge >= 0.3 is 5.97 Å². The monoisotopic (exact) mass is 233 g/mol. The van der Waals surface area contributed by atoms with E-state index >= 15 is 0 Å². The molecule has 0 heterocycles. The molecule has 0 saturated heterocycles. The third-order valence-corrected chi connectivity index (χ3v) is 2.27. The molecule has 0 saturated carbocycles. The van der Waals surface area contributed by atoms with Gasteiger partial charge in [-0.15, -0.1) is 0 Å². The average Bonchev–Trinajstić information content (AvgIpc) is 2.25. The highest BCUT2D eigenvalue weighted by molar-refractivity contribution is 5.67. The summed E-state index contributed by atoms with van der Waals surface area (Å²) < 4.78 is 5.23. The van der Waals surface area contributed by atoms with Crippen molar-refractivity contribution in [2.75, 3.05) is 0 Å². The molecule has 0 radical (unpaired) electrons. The van der Waals surface area contributed by atoms with Crippen LogP contribution in [0.3, 0.4) is 0 Å². The molecule has 0 aliphatic rings. The van der Waals surface area contributed by atoms with E-state index in [0.717, 1.165) is 5.57 Å². The smallest absolute Gasteiger partial charge is 0.304 e. The van der Waals surface area contributed by atoms with Crippen LogP contribution in [0.5, 0.6) is 0 Å². The second kappa shape index (κ2) is 7.52. The first-order valence-electron chi connectivity index (χ1n) is 5.66. The lowest BCUT2D eigenvalue weighted by Crippen LogP contribution is -2.29. The van der Waals surface area contributed by atoms with Crippen LogP contribution in [-0.2, 0) is 9.53 Å². The van der Waals surface area contributed by atoms with Crippen LogP contribution in [0.25, 0.3) is 0 Å². The lowest BCUT2D eigenvalue weighted by atomic mass is 9.99. The summed E-state index contributed by atoms with van der Waals surface area (Å²) in [5, 5.41) is 8.50. The fraction of sp³-hybridized carbons (Fsp3) is 0.571. The Bertz CT molecular complexity index is 393. The highest BCUT2D eigenvalue weighted by Gasteiger charge is 2.24. The van der Waals surface area contributed by atoms with Crippen molar-refractivity contribution in [3.05, 3.63) is 11.6 Å². The summed E-state index contributed by atoms with van der Waals surface area (Å²) in [5.74, 6) is 5.57. The third-order valence-electron chi connectivity index (χ3n) is 2.27. The number of carbonyl (C=O) groups is 1. The summed E-state index contributed by atoms with van der Waals surface area (Å²) in [6.07, 6.45) is 3.59. The van der Waals surface area contributed by atoms with E-state index in [1.165, 1.54) is 6.92 Å². The van der Waals surface area contributed by atoms with Crippen molar-refractivity contribution in [2.45, 2.75) is 52.6 Å². The van der Waals surface area contributed by atoms with Gasteiger partial charge in [0.15, 0.2) is 5.60 Å². The van der Waals surface area contributed by atoms with Gasteiger partial charge in [-0.25, -0.2) is 0 Å². The number of nitrogens with zero attached hydrogens (tertiary/aromatic N) is 1. The SMILES string of the molecule is C/C=C(\C)C#CC(C)(CCCC#N)OC(C)=O. The van der Waals surface area contributed by atoms with E-state index in [0.29, 0.717) is 19.3 Å². The second-order valence-corrected chi connectivity index (χ2v) is 4.06. The maximum absolute atomic E-state index is 11.0. The number of carbonyl (C=O) groups excluding carboxylic acids is 1. The van der Waals surface area contributed by atoms with Gasteiger partial charge in [0.2, 0.25) is 0 Å². The lowest BCUT2D eigenvalue weighted by Gasteiger charge is -2.22. The van der Waals surface area contributed by atoms with Crippen LogP contribution in [0.1, 0.15) is 47.0 Å². The number of nitriles is 1. The van der Waals surface area contributed by atoms with Crippen molar-refractivity contribution in [2.24, 2.45) is 0 Å². The zero-order valence-electron chi connectivity index (χ0n) is 11.0. The quantitative estimate of drug-likeness (QED) is 0.426. The van der Waals surface area contributed by atoms with Crippen molar-refractivity contribution < 1.29 is 9.53 Å². The van der Waals surface area contributed by atoms with Gasteiger partial charge in [0, 0.05) is 13.3 Å². The third kappa shape index (κ3) is 7.19. The van der Waals surface area contributed by atoms with Crippen LogP contribution in [0.2, 0.25) is 0 Å². The first-order chi connectivity index (χ1) is 7.93. The minimum Gasteiger partial charge on any atom is -0.446 e. The Morgan fingerprint density at radius 1 is 1.47 bits per heavy atom. The molecule has 0 bridgehead atoms. The first-order valence-corrected chi connectivity index (χ1v) is 5.66. The van der Waals surface area contributed by atoms with Crippen molar-refractivity contribution in [3.8, 4) is 17.9 Å². The predicted molar refractivity (Wildman–Crippen MR) is 66.8 cm³/mol. The van der Waals surface area contributed by atoms with Gasteiger partial charge in [0.25, 0.3) is 0 Å². The van der Waals surface area contributed by atoms with E-state index in [4.69, 9.17) is 10.00 Å². The van der Waals surface area contributed by atoms with Crippen molar-refractivity contribution >= 4 is 5.97 Å². The topological polar surface area (TPSA) is 50.1 Å². The summed E-state index contributed by atoms with van der Waals surface area (Å²) in [5.41, 5.74) is 0.135. The molecule has 0 aliphatic heterocycles. The Morgan fingerprint density at radius 2 is 2.12 bits per heavy atom. The molecule has 0 fully saturated rings. The maximum atomic E-state index is 11.0. The number of hydrogen-bond acceptors (Lipinski definition) is 3. The van der Waals surface area contributed by atoms with Gasteiger partial charge in [-0.3, -0.25) is 4.79 Å². The number of hydrogen-bond donors (Lipinski definition) is 0. The van der Waals surface area contributed by atoms with Crippen LogP contribution < -0.4 is 0 Å². The van der Waals surface area contributed by atoms with Crippen molar-refractivity contribution in [1.82, 2.24) is 0 Å². The molecule has 1 atom stereocenters. The zero-order valence-corrected chi connectivity index (χ0v) is 11.0. The highest BCUT2D eigenvalue weighted by atomic mass is 16.6. The molecule has 0 aromatic carbocycles. The summed E-state index contributed by atoms with van der Waals surface area (Å²) in [7, 11) is 0. The minimum atomic E-state index is -0.799. The highest BCUT2D eigenvalue weighted by Crippen LogP contribution is 2.18. The number of esters is 1. The van der Waals surface area contributed by atoms with Crippen LogP contribution >= 0.6 is 0 Å². The average molecular weight is 233 g/mol. The van der Waals surface area contributed by atoms with Gasteiger partial charge in [-0.1, -0.05) is 17.9 Å². The predicted octanol–water partition coefficient (Wildman–Crippen LogP) is 2.97. The molecule has 0 N–H and O–H groups in total. The summed E-state index contributed by atoms with van der Waals surface area (Å²) in [6, 6.07) is 2.07. The summed E-state index contributed by atoms with van der Waals surface area (Å²) in [4.78, 5) is 11.0. The van der Waals surface area contributed by atoms with Crippen LogP contribution in [0, 0.1) is 23.2 Å². The van der Waals surface area contributed by atoms with E-state index < -0.39 is 5.60 Å². The molecule has 0 aliphatic carbocycles. The van der Waals surface area contributed by atoms with Gasteiger partial charge < -0.3 is 4.74 Å². The van der Waals surface area contributed by atoms with Gasteiger partial charge in [-0.05, 0) is 39.2 Å². The van der Waals surface area contributed by atoms with E-state index in [-0.39, 0.29) is 5.97 Å². The van der Waals surface area contributed by atoms with E-state index in [9.17, 15) is 4.79 Å². The molecule has 17 heavy (non-hydrogen) atoms. The van der Waals surface area contributed by atoms with Crippen molar-refractivity contribution in [3.63, 3.8) is 0 Å². The Balaban J connectivity index is 4.76. The van der Waals surface area contributed by atoms with Crippen molar-refractivity contribution in [1.29, 1.82) is 5.26 Å². The summed E-state index contributed by atoms with van der Waals surface area (Å²) in [6.45, 7) is 6.95. The largest absolute Gasteiger partial charge is 0.446 e. The molecule has 92 valence electrons. The first kappa shape index (κ1) is 15.3. The molecule has 0 amide bonds. The molecule has 0 rings (SSSR count). The van der Waals surface area contributed by atoms with Crippen LogP contribution in [0.15, 0.2) is 11.6 Å². The minimum absolute atomic E-state index is 0.350. The van der Waals surface area contributed by atoms with Crippen LogP contribution in [-0.4, -0.2) is 11.6 Å². The number of unbranched alkanes of at least 4 members (excludes halogenated alkanes) is 1. The van der Waals surface area contributed by atoms with Crippen LogP contribution in [0.4, 0.5) is 0 Å². The molecular weight excluding hydrogens is 214 g/mol. The van der Waals surface area contributed by atoms with E-state index in [2.05, 4.69) is 17.9 Å². The fourth-order valence-corrected chi connectivity index (χ4v) is 1.26. The number of ether oxygens (including phenoxy) is 1. The molecule has 3 heteroatoms. The van der Waals surface area contributed by atoms with Gasteiger partial charge in [0.05, 0.1) is 6.07 Å². The van der Waals surface area contributed by atoms with E-state index in [1.54, 1.807) is 6.92 Å². The molecule has 3 nitrogen and oxygen atoms in total.